The number of nitrogens with two attached hydrogens (primary N) is 1. The molecule has 0 saturated heterocycles. The van der Waals surface area contributed by atoms with Crippen molar-refractivity contribution < 1.29 is 9.84 Å². The first-order chi connectivity index (χ1) is 7.77. The van der Waals surface area contributed by atoms with Crippen LogP contribution in [0.3, 0.4) is 0 Å². The molecular weight excluding hydrogens is 204 g/mol. The summed E-state index contributed by atoms with van der Waals surface area (Å²) in [4.78, 5) is 0. The molecule has 0 aliphatic carbocycles. The first-order valence-electron chi connectivity index (χ1n) is 5.24. The average molecular weight is 220 g/mol. The van der Waals surface area contributed by atoms with Gasteiger partial charge in [0, 0.05) is 13.0 Å². The van der Waals surface area contributed by atoms with Crippen LogP contribution in [0.1, 0.15) is 12.0 Å². The summed E-state index contributed by atoms with van der Waals surface area (Å²) in [5, 5.41) is 17.4. The van der Waals surface area contributed by atoms with E-state index in [4.69, 9.17) is 20.8 Å². The fourth-order valence-corrected chi connectivity index (χ4v) is 1.33. The number of hydrogen-bond donors (Lipinski definition) is 2. The van der Waals surface area contributed by atoms with Crippen LogP contribution in [0, 0.1) is 11.3 Å². The summed E-state index contributed by atoms with van der Waals surface area (Å²) in [7, 11) is 0. The molecule has 0 aliphatic rings. The highest BCUT2D eigenvalue weighted by atomic mass is 16.5. The van der Waals surface area contributed by atoms with Crippen LogP contribution in [0.2, 0.25) is 0 Å². The monoisotopic (exact) mass is 220 g/mol. The molecule has 4 nitrogen and oxygen atoms in total. The number of aliphatic hydroxyl groups is 1. The lowest BCUT2D eigenvalue weighted by Gasteiger charge is -2.11. The third-order valence-corrected chi connectivity index (χ3v) is 2.21. The molecule has 3 N–H and O–H groups in total. The number of hydrogen-bond acceptors (Lipinski definition) is 4. The smallest absolute Gasteiger partial charge is 0.122 e. The van der Waals surface area contributed by atoms with E-state index in [0.717, 1.165) is 11.3 Å². The zero-order valence-corrected chi connectivity index (χ0v) is 9.10. The minimum Gasteiger partial charge on any atom is -0.493 e. The Bertz CT molecular complexity index is 360. The average Bonchev–Trinajstić information content (AvgIpc) is 2.31. The standard InChI is InChI=1S/C12H16N2O2/c13-9-11(14)6-8-16-12-4-2-1-3-10(12)5-7-15/h1-4,11,15H,5-8,14H2. The molecule has 0 spiro atoms. The van der Waals surface area contributed by atoms with Gasteiger partial charge in [0.05, 0.1) is 18.7 Å². The minimum atomic E-state index is -0.481. The molecule has 1 unspecified atom stereocenters. The summed E-state index contributed by atoms with van der Waals surface area (Å²) in [6.45, 7) is 0.509. The first-order valence-corrected chi connectivity index (χ1v) is 5.24. The molecule has 0 bridgehead atoms. The maximum Gasteiger partial charge on any atom is 0.122 e. The van der Waals surface area contributed by atoms with Crippen molar-refractivity contribution in [1.82, 2.24) is 0 Å². The van der Waals surface area contributed by atoms with Crippen molar-refractivity contribution in [3.63, 3.8) is 0 Å². The lowest BCUT2D eigenvalue weighted by Crippen LogP contribution is -2.20. The number of nitriles is 1. The quantitative estimate of drug-likeness (QED) is 0.744. The van der Waals surface area contributed by atoms with Gasteiger partial charge in [-0.2, -0.15) is 5.26 Å². The molecule has 16 heavy (non-hydrogen) atoms. The van der Waals surface area contributed by atoms with Crippen LogP contribution in [0.25, 0.3) is 0 Å². The van der Waals surface area contributed by atoms with E-state index < -0.39 is 6.04 Å². The largest absolute Gasteiger partial charge is 0.493 e. The second kappa shape index (κ2) is 6.83. The van der Waals surface area contributed by atoms with Crippen molar-refractivity contribution >= 4 is 0 Å². The normalized spacial score (nSPS) is 11.8. The Labute approximate surface area is 95.3 Å². The predicted molar refractivity (Wildman–Crippen MR) is 60.9 cm³/mol. The second-order valence-electron chi connectivity index (χ2n) is 3.45. The predicted octanol–water partition coefficient (Wildman–Crippen LogP) is 0.841. The van der Waals surface area contributed by atoms with E-state index in [0.29, 0.717) is 19.4 Å². The Kier molecular flexibility index (Phi) is 5.34. The Morgan fingerprint density at radius 2 is 2.19 bits per heavy atom. The molecular formula is C12H16N2O2. The Hall–Kier alpha value is -1.57. The molecule has 1 aromatic rings. The Balaban J connectivity index is 2.50. The molecule has 1 atom stereocenters. The van der Waals surface area contributed by atoms with E-state index in [1.54, 1.807) is 0 Å². The molecule has 0 aromatic heterocycles. The number of rotatable bonds is 6. The summed E-state index contributed by atoms with van der Waals surface area (Å²) < 4.78 is 5.52. The van der Waals surface area contributed by atoms with Crippen molar-refractivity contribution in [2.75, 3.05) is 13.2 Å². The van der Waals surface area contributed by atoms with Crippen LogP contribution in [-0.4, -0.2) is 24.4 Å². The van der Waals surface area contributed by atoms with E-state index in [9.17, 15) is 0 Å². The Morgan fingerprint density at radius 3 is 2.88 bits per heavy atom. The highest BCUT2D eigenvalue weighted by Crippen LogP contribution is 2.18. The van der Waals surface area contributed by atoms with Gasteiger partial charge in [-0.15, -0.1) is 0 Å². The van der Waals surface area contributed by atoms with E-state index in [1.807, 2.05) is 30.3 Å². The van der Waals surface area contributed by atoms with Gasteiger partial charge in [-0.25, -0.2) is 0 Å². The summed E-state index contributed by atoms with van der Waals surface area (Å²) in [5.74, 6) is 0.752. The summed E-state index contributed by atoms with van der Waals surface area (Å²) in [6, 6.07) is 9.01. The molecule has 0 fully saturated rings. The van der Waals surface area contributed by atoms with Gasteiger partial charge in [0.1, 0.15) is 5.75 Å². The molecule has 0 aliphatic heterocycles. The molecule has 1 aromatic carbocycles. The zero-order chi connectivity index (χ0) is 11.8. The highest BCUT2D eigenvalue weighted by molar-refractivity contribution is 5.33. The zero-order valence-electron chi connectivity index (χ0n) is 9.10. The van der Waals surface area contributed by atoms with Gasteiger partial charge in [0.15, 0.2) is 0 Å². The maximum absolute atomic E-state index is 8.88. The van der Waals surface area contributed by atoms with Crippen molar-refractivity contribution in [1.29, 1.82) is 5.26 Å². The first kappa shape index (κ1) is 12.5. The van der Waals surface area contributed by atoms with Crippen LogP contribution >= 0.6 is 0 Å². The van der Waals surface area contributed by atoms with Crippen LogP contribution < -0.4 is 10.5 Å². The summed E-state index contributed by atoms with van der Waals surface area (Å²) in [5.41, 5.74) is 6.42. The number of para-hydroxylation sites is 1. The van der Waals surface area contributed by atoms with Crippen LogP contribution in [-0.2, 0) is 6.42 Å². The van der Waals surface area contributed by atoms with Gasteiger partial charge in [-0.05, 0) is 18.1 Å². The van der Waals surface area contributed by atoms with Gasteiger partial charge >= 0.3 is 0 Å². The van der Waals surface area contributed by atoms with E-state index in [-0.39, 0.29) is 6.61 Å². The number of nitrogens with zero attached hydrogens (tertiary/aromatic N) is 1. The molecule has 0 radical (unpaired) electrons. The summed E-state index contributed by atoms with van der Waals surface area (Å²) >= 11 is 0. The van der Waals surface area contributed by atoms with Gasteiger partial charge in [-0.1, -0.05) is 18.2 Å². The molecule has 1 rings (SSSR count). The number of aliphatic hydroxyl groups excluding tert-OH is 1. The van der Waals surface area contributed by atoms with Gasteiger partial charge in [0.2, 0.25) is 0 Å². The maximum atomic E-state index is 8.88. The van der Waals surface area contributed by atoms with Crippen molar-refractivity contribution in [3.05, 3.63) is 29.8 Å². The van der Waals surface area contributed by atoms with Crippen molar-refractivity contribution in [3.8, 4) is 11.8 Å². The molecule has 0 heterocycles. The van der Waals surface area contributed by atoms with E-state index in [2.05, 4.69) is 0 Å². The SMILES string of the molecule is N#CC(N)CCOc1ccccc1CCO. The second-order valence-corrected chi connectivity index (χ2v) is 3.45. The van der Waals surface area contributed by atoms with E-state index >= 15 is 0 Å². The van der Waals surface area contributed by atoms with Crippen LogP contribution in [0.4, 0.5) is 0 Å². The topological polar surface area (TPSA) is 79.3 Å². The lowest BCUT2D eigenvalue weighted by molar-refractivity contribution is 0.284. The molecule has 4 heteroatoms. The fraction of sp³-hybridized carbons (Fsp3) is 0.417. The van der Waals surface area contributed by atoms with Gasteiger partial charge < -0.3 is 15.6 Å². The Morgan fingerprint density at radius 1 is 1.44 bits per heavy atom. The van der Waals surface area contributed by atoms with Crippen molar-refractivity contribution in [2.24, 2.45) is 5.73 Å². The van der Waals surface area contributed by atoms with Gasteiger partial charge in [0.25, 0.3) is 0 Å². The third-order valence-electron chi connectivity index (χ3n) is 2.21. The van der Waals surface area contributed by atoms with Gasteiger partial charge in [-0.3, -0.25) is 0 Å². The lowest BCUT2D eigenvalue weighted by atomic mass is 10.1. The number of ether oxygens (including phenoxy) is 1. The van der Waals surface area contributed by atoms with Crippen LogP contribution in [0.5, 0.6) is 5.75 Å². The highest BCUT2D eigenvalue weighted by Gasteiger charge is 2.04. The molecule has 0 amide bonds. The van der Waals surface area contributed by atoms with Crippen LogP contribution in [0.15, 0.2) is 24.3 Å². The van der Waals surface area contributed by atoms with E-state index in [1.165, 1.54) is 0 Å². The summed E-state index contributed by atoms with van der Waals surface area (Å²) in [6.07, 6.45) is 1.07. The molecule has 0 saturated carbocycles. The molecule has 86 valence electrons. The fourth-order valence-electron chi connectivity index (χ4n) is 1.33. The minimum absolute atomic E-state index is 0.0953. The third kappa shape index (κ3) is 3.89. The van der Waals surface area contributed by atoms with Crippen molar-refractivity contribution in [2.45, 2.75) is 18.9 Å². The number of benzene rings is 1.